The van der Waals surface area contributed by atoms with Crippen molar-refractivity contribution in [3.8, 4) is 27.9 Å². The summed E-state index contributed by atoms with van der Waals surface area (Å²) in [6.45, 7) is 9.61. The highest BCUT2D eigenvalue weighted by Crippen LogP contribution is 2.55. The van der Waals surface area contributed by atoms with Gasteiger partial charge in [-0.1, -0.05) is 148 Å². The molecule has 0 atom stereocenters. The first kappa shape index (κ1) is 27.4. The molecular weight excluding hydrogens is 591 g/mol. The number of fused-ring (bicyclic) bond motifs is 13. The van der Waals surface area contributed by atoms with Crippen molar-refractivity contribution in [3.63, 3.8) is 0 Å². The molecule has 1 aromatic heterocycles. The normalized spacial score (nSPS) is 15.6. The highest BCUT2D eigenvalue weighted by atomic mass is 15.0. The number of aromatic nitrogens is 1. The quantitative estimate of drug-likeness (QED) is 0.180. The van der Waals surface area contributed by atoms with E-state index in [0.29, 0.717) is 0 Å². The molecule has 0 unspecified atom stereocenters. The van der Waals surface area contributed by atoms with Crippen molar-refractivity contribution >= 4 is 62.2 Å². The minimum absolute atomic E-state index is 0.132. The topological polar surface area (TPSA) is 17.0 Å². The molecule has 7 aromatic carbocycles. The van der Waals surface area contributed by atoms with Crippen molar-refractivity contribution in [1.82, 2.24) is 4.57 Å². The Labute approximate surface area is 287 Å². The van der Waals surface area contributed by atoms with Crippen LogP contribution in [0.3, 0.4) is 0 Å². The highest BCUT2D eigenvalue weighted by Gasteiger charge is 2.42. The number of hydrogen-bond donors (Lipinski definition) is 1. The zero-order chi connectivity index (χ0) is 32.8. The van der Waals surface area contributed by atoms with Gasteiger partial charge in [-0.15, -0.1) is 0 Å². The lowest BCUT2D eigenvalue weighted by Crippen LogP contribution is -2.39. The van der Waals surface area contributed by atoms with Crippen LogP contribution in [0.4, 0.5) is 11.4 Å². The van der Waals surface area contributed by atoms with E-state index in [1.165, 1.54) is 105 Å². The first-order valence-corrected chi connectivity index (χ1v) is 17.6. The Morgan fingerprint density at radius 3 is 2.12 bits per heavy atom. The molecule has 3 heterocycles. The smallest absolute Gasteiger partial charge is 0.198 e. The second-order valence-electron chi connectivity index (χ2n) is 15.4. The first-order chi connectivity index (χ1) is 23.8. The maximum absolute atomic E-state index is 3.95. The Bertz CT molecular complexity index is 2780. The average Bonchev–Trinajstić information content (AvgIpc) is 3.58. The number of hydrogen-bond acceptors (Lipinski definition) is 1. The maximum Gasteiger partial charge on any atom is 0.198 e. The second-order valence-corrected chi connectivity index (χ2v) is 15.4. The van der Waals surface area contributed by atoms with Crippen LogP contribution >= 0.6 is 0 Å². The monoisotopic (exact) mass is 626 g/mol. The predicted molar refractivity (Wildman–Crippen MR) is 210 cm³/mol. The second kappa shape index (κ2) is 9.12. The van der Waals surface area contributed by atoms with Crippen LogP contribution in [0.2, 0.25) is 0 Å². The fourth-order valence-electron chi connectivity index (χ4n) is 9.92. The molecule has 0 radical (unpaired) electrons. The highest BCUT2D eigenvalue weighted by molar-refractivity contribution is 6.73. The molecular formula is C46H35BN2. The number of benzene rings is 7. The van der Waals surface area contributed by atoms with E-state index >= 15 is 0 Å². The van der Waals surface area contributed by atoms with Gasteiger partial charge in [0.25, 0.3) is 0 Å². The van der Waals surface area contributed by atoms with Gasteiger partial charge in [0, 0.05) is 49.4 Å². The van der Waals surface area contributed by atoms with Crippen LogP contribution in [-0.2, 0) is 10.8 Å². The molecule has 49 heavy (non-hydrogen) atoms. The van der Waals surface area contributed by atoms with Gasteiger partial charge >= 0.3 is 0 Å². The average molecular weight is 627 g/mol. The predicted octanol–water partition coefficient (Wildman–Crippen LogP) is 9.99. The summed E-state index contributed by atoms with van der Waals surface area (Å²) >= 11 is 0. The molecule has 3 heteroatoms. The van der Waals surface area contributed by atoms with Gasteiger partial charge in [0.05, 0.1) is 11.2 Å². The molecule has 0 bridgehead atoms. The minimum atomic E-state index is -0.163. The van der Waals surface area contributed by atoms with Crippen molar-refractivity contribution in [1.29, 1.82) is 0 Å². The Morgan fingerprint density at radius 2 is 1.22 bits per heavy atom. The summed E-state index contributed by atoms with van der Waals surface area (Å²) in [5.74, 6) is 0. The molecule has 2 aliphatic heterocycles. The van der Waals surface area contributed by atoms with Gasteiger partial charge < -0.3 is 9.88 Å². The van der Waals surface area contributed by atoms with Crippen molar-refractivity contribution in [3.05, 3.63) is 150 Å². The Kier molecular flexibility index (Phi) is 5.10. The zero-order valence-corrected chi connectivity index (χ0v) is 28.3. The molecule has 232 valence electrons. The van der Waals surface area contributed by atoms with Gasteiger partial charge in [-0.25, -0.2) is 0 Å². The number of anilines is 2. The lowest BCUT2D eigenvalue weighted by Gasteiger charge is -2.37. The van der Waals surface area contributed by atoms with E-state index in [9.17, 15) is 0 Å². The SMILES string of the molecule is CC1(C)c2ccccc2Nc2c(-c3cc4c(c5c3Bc3cccc6c7ccc8ccccc8c7n-5c36)C(C)(C)c3ccccc3-4)cccc21. The summed E-state index contributed by atoms with van der Waals surface area (Å²) < 4.78 is 2.68. The number of nitrogens with one attached hydrogen (secondary N) is 1. The van der Waals surface area contributed by atoms with E-state index in [1.807, 2.05) is 0 Å². The summed E-state index contributed by atoms with van der Waals surface area (Å²) in [6.07, 6.45) is 0. The van der Waals surface area contributed by atoms with Crippen molar-refractivity contribution < 1.29 is 0 Å². The van der Waals surface area contributed by atoms with Crippen LogP contribution in [0, 0.1) is 0 Å². The van der Waals surface area contributed by atoms with E-state index in [2.05, 4.69) is 165 Å². The number of nitrogens with zero attached hydrogens (tertiary/aromatic N) is 1. The van der Waals surface area contributed by atoms with Crippen molar-refractivity contribution in [2.75, 3.05) is 5.32 Å². The lowest BCUT2D eigenvalue weighted by atomic mass is 9.57. The van der Waals surface area contributed by atoms with Gasteiger partial charge in [0.2, 0.25) is 0 Å². The largest absolute Gasteiger partial charge is 0.355 e. The molecule has 1 N–H and O–H groups in total. The van der Waals surface area contributed by atoms with E-state index in [1.54, 1.807) is 0 Å². The van der Waals surface area contributed by atoms with Crippen LogP contribution < -0.4 is 16.2 Å². The van der Waals surface area contributed by atoms with E-state index in [-0.39, 0.29) is 10.8 Å². The molecule has 2 nitrogen and oxygen atoms in total. The fraction of sp³-hybridized carbons (Fsp3) is 0.130. The van der Waals surface area contributed by atoms with Gasteiger partial charge in [-0.3, -0.25) is 0 Å². The van der Waals surface area contributed by atoms with Crippen LogP contribution in [0.25, 0.3) is 60.5 Å². The number of rotatable bonds is 1. The van der Waals surface area contributed by atoms with Crippen LogP contribution in [0.15, 0.2) is 127 Å². The summed E-state index contributed by atoms with van der Waals surface area (Å²) in [6, 6.07) is 48.0. The Balaban J connectivity index is 1.33. The molecule has 0 saturated heterocycles. The Hall–Kier alpha value is -5.54. The van der Waals surface area contributed by atoms with Crippen molar-refractivity contribution in [2.45, 2.75) is 38.5 Å². The third-order valence-corrected chi connectivity index (χ3v) is 12.2. The van der Waals surface area contributed by atoms with Gasteiger partial charge in [-0.05, 0) is 61.9 Å². The summed E-state index contributed by atoms with van der Waals surface area (Å²) in [5.41, 5.74) is 19.8. The summed E-state index contributed by atoms with van der Waals surface area (Å²) in [4.78, 5) is 0. The van der Waals surface area contributed by atoms with E-state index in [4.69, 9.17) is 0 Å². The van der Waals surface area contributed by atoms with Gasteiger partial charge in [0.1, 0.15) is 0 Å². The van der Waals surface area contributed by atoms with E-state index in [0.717, 1.165) is 7.28 Å². The van der Waals surface area contributed by atoms with Crippen LogP contribution in [-0.4, -0.2) is 11.8 Å². The molecule has 3 aliphatic rings. The minimum Gasteiger partial charge on any atom is -0.355 e. The Morgan fingerprint density at radius 1 is 0.531 bits per heavy atom. The third kappa shape index (κ3) is 3.33. The van der Waals surface area contributed by atoms with Gasteiger partial charge in [-0.2, -0.15) is 0 Å². The summed E-state index contributed by atoms with van der Waals surface area (Å²) in [7, 11) is 0.889. The molecule has 8 aromatic rings. The first-order valence-electron chi connectivity index (χ1n) is 17.6. The summed E-state index contributed by atoms with van der Waals surface area (Å²) in [5, 5.41) is 9.21. The third-order valence-electron chi connectivity index (χ3n) is 12.2. The lowest BCUT2D eigenvalue weighted by molar-refractivity contribution is 0.638. The number of para-hydroxylation sites is 3. The van der Waals surface area contributed by atoms with E-state index < -0.39 is 0 Å². The van der Waals surface area contributed by atoms with Gasteiger partial charge in [0.15, 0.2) is 7.28 Å². The molecule has 0 spiro atoms. The van der Waals surface area contributed by atoms with Crippen LogP contribution in [0.5, 0.6) is 0 Å². The standard InChI is InChI=1S/C46H35BN2/c1-45(2)35-19-9-10-22-38(35)48-41-29(16-11-20-36(41)45)33-25-32-28-15-7-8-18-34(28)46(3,4)39(32)44-40(33)47-37-21-12-17-30-31-24-23-26-13-5-6-14-27(26)42(31)49(44)43(30)37/h5-25,47-48H,1-4H3. The molecule has 0 fully saturated rings. The zero-order valence-electron chi connectivity index (χ0n) is 28.3. The molecule has 0 saturated carbocycles. The van der Waals surface area contributed by atoms with Crippen LogP contribution in [0.1, 0.15) is 49.9 Å². The molecule has 1 aliphatic carbocycles. The fourth-order valence-corrected chi connectivity index (χ4v) is 9.92. The maximum atomic E-state index is 3.95. The molecule has 11 rings (SSSR count). The molecule has 0 amide bonds. The van der Waals surface area contributed by atoms with Crippen molar-refractivity contribution in [2.24, 2.45) is 0 Å².